The molecule has 0 amide bonds. The summed E-state index contributed by atoms with van der Waals surface area (Å²) in [4.78, 5) is 36.0. The second-order valence-corrected chi connectivity index (χ2v) is 7.74. The van der Waals surface area contributed by atoms with Gasteiger partial charge in [-0.3, -0.25) is 9.35 Å². The van der Waals surface area contributed by atoms with Gasteiger partial charge in [0.2, 0.25) is 0 Å². The number of ether oxygens (including phenoxy) is 3. The van der Waals surface area contributed by atoms with Gasteiger partial charge in [-0.1, -0.05) is 26.5 Å². The Morgan fingerprint density at radius 2 is 1.39 bits per heavy atom. The zero-order chi connectivity index (χ0) is 21.3. The van der Waals surface area contributed by atoms with E-state index in [1.165, 1.54) is 13.8 Å². The Morgan fingerprint density at radius 3 is 1.71 bits per heavy atom. The molecule has 0 aliphatic heterocycles. The van der Waals surface area contributed by atoms with Crippen LogP contribution >= 0.6 is 0 Å². The number of carbonyl (C=O) groups is 3. The molecule has 0 saturated heterocycles. The summed E-state index contributed by atoms with van der Waals surface area (Å²) in [5, 5.41) is 0. The summed E-state index contributed by atoms with van der Waals surface area (Å²) in [6.45, 7) is 9.96. The van der Waals surface area contributed by atoms with Crippen molar-refractivity contribution in [3.05, 3.63) is 24.3 Å². The molecule has 0 saturated carbocycles. The Morgan fingerprint density at radius 1 is 0.964 bits per heavy atom. The summed E-state index contributed by atoms with van der Waals surface area (Å²) in [5.41, 5.74) is -1.32. The quantitative estimate of drug-likeness (QED) is 0.162. The third-order valence-electron chi connectivity index (χ3n) is 3.39. The fourth-order valence-electron chi connectivity index (χ4n) is 1.93. The summed E-state index contributed by atoms with van der Waals surface area (Å²) in [6.07, 6.45) is 0.577. The van der Waals surface area contributed by atoms with E-state index < -0.39 is 59.0 Å². The number of carbonyl (C=O) groups excluding carboxylic acids is 3. The first-order valence-corrected chi connectivity index (χ1v) is 9.73. The van der Waals surface area contributed by atoms with Crippen LogP contribution in [0.5, 0.6) is 0 Å². The standard InChI is InChI=1S/C17H26O9S.Li.H/c1-6-7-17(10-25-14(18)12(2)3,11-26-15(19)13(4)5)16(20)24-8-9-27(21,22)23;;/h2,4,6-11H2,1,3,5H3,(H,21,22,23);;. The van der Waals surface area contributed by atoms with Crippen molar-refractivity contribution in [1.82, 2.24) is 0 Å². The predicted molar refractivity (Wildman–Crippen MR) is 103 cm³/mol. The molecule has 0 rings (SSSR count). The number of hydrogen-bond acceptors (Lipinski definition) is 8. The average molecular weight is 414 g/mol. The predicted octanol–water partition coefficient (Wildman–Crippen LogP) is 0.794. The molecule has 11 heteroatoms. The molecule has 1 N–H and O–H groups in total. The first kappa shape index (κ1) is 28.6. The molecule has 0 aliphatic rings. The Hall–Kier alpha value is -1.60. The van der Waals surface area contributed by atoms with Gasteiger partial charge in [-0.15, -0.1) is 0 Å². The number of rotatable bonds is 12. The zero-order valence-corrected chi connectivity index (χ0v) is 16.6. The van der Waals surface area contributed by atoms with Crippen molar-refractivity contribution >= 4 is 46.9 Å². The zero-order valence-electron chi connectivity index (χ0n) is 15.8. The molecule has 0 aliphatic carbocycles. The van der Waals surface area contributed by atoms with Gasteiger partial charge in [0.15, 0.2) is 0 Å². The van der Waals surface area contributed by atoms with Crippen molar-refractivity contribution in [2.45, 2.75) is 33.6 Å². The molecule has 0 unspecified atom stereocenters. The second kappa shape index (κ2) is 12.8. The maximum absolute atomic E-state index is 12.6. The molecule has 0 spiro atoms. The van der Waals surface area contributed by atoms with Gasteiger partial charge in [0.05, 0.1) is 0 Å². The van der Waals surface area contributed by atoms with Gasteiger partial charge in [0.25, 0.3) is 10.1 Å². The third-order valence-corrected chi connectivity index (χ3v) is 4.07. The summed E-state index contributed by atoms with van der Waals surface area (Å²) >= 11 is 0. The molecular weight excluding hydrogens is 387 g/mol. The van der Waals surface area contributed by atoms with E-state index in [2.05, 4.69) is 13.2 Å². The van der Waals surface area contributed by atoms with Crippen LogP contribution in [-0.2, 0) is 38.7 Å². The van der Waals surface area contributed by atoms with E-state index in [1.54, 1.807) is 6.92 Å². The van der Waals surface area contributed by atoms with Gasteiger partial charge >= 0.3 is 36.8 Å². The van der Waals surface area contributed by atoms with Gasteiger partial charge in [-0.2, -0.15) is 8.42 Å². The molecule has 0 radical (unpaired) electrons. The van der Waals surface area contributed by atoms with E-state index in [-0.39, 0.29) is 36.4 Å². The average Bonchev–Trinajstić information content (AvgIpc) is 2.55. The van der Waals surface area contributed by atoms with Gasteiger partial charge < -0.3 is 14.2 Å². The van der Waals surface area contributed by atoms with Crippen LogP contribution in [0.4, 0.5) is 0 Å². The Bertz CT molecular complexity index is 667. The van der Waals surface area contributed by atoms with Gasteiger partial charge in [0, 0.05) is 11.1 Å². The van der Waals surface area contributed by atoms with E-state index in [1.807, 2.05) is 0 Å². The van der Waals surface area contributed by atoms with Crippen molar-refractivity contribution in [1.29, 1.82) is 0 Å². The SMILES string of the molecule is C=C(C)C(=O)OCC(CCC)(COC(=O)C(=C)C)C(=O)OCCS(=O)(=O)O.[LiH]. The Balaban J connectivity index is 0. The molecule has 0 aromatic rings. The van der Waals surface area contributed by atoms with Crippen LogP contribution in [-0.4, -0.2) is 75.3 Å². The summed E-state index contributed by atoms with van der Waals surface area (Å²) < 4.78 is 45.3. The van der Waals surface area contributed by atoms with Gasteiger partial charge in [-0.05, 0) is 20.3 Å². The van der Waals surface area contributed by atoms with Crippen molar-refractivity contribution in [2.24, 2.45) is 5.41 Å². The summed E-state index contributed by atoms with van der Waals surface area (Å²) in [6, 6.07) is 0. The molecular formula is C17H27LiO9S. The van der Waals surface area contributed by atoms with E-state index in [0.29, 0.717) is 6.42 Å². The second-order valence-electron chi connectivity index (χ2n) is 6.17. The van der Waals surface area contributed by atoms with E-state index in [0.717, 1.165) is 0 Å². The van der Waals surface area contributed by atoms with E-state index in [4.69, 9.17) is 18.8 Å². The van der Waals surface area contributed by atoms with E-state index >= 15 is 0 Å². The van der Waals surface area contributed by atoms with Crippen LogP contribution in [0.3, 0.4) is 0 Å². The first-order chi connectivity index (χ1) is 12.3. The molecule has 28 heavy (non-hydrogen) atoms. The Labute approximate surface area is 177 Å². The van der Waals surface area contributed by atoms with Crippen molar-refractivity contribution in [2.75, 3.05) is 25.6 Å². The molecule has 0 aromatic carbocycles. The van der Waals surface area contributed by atoms with Crippen LogP contribution in [0.25, 0.3) is 0 Å². The number of hydrogen-bond donors (Lipinski definition) is 1. The van der Waals surface area contributed by atoms with Crippen LogP contribution in [0, 0.1) is 5.41 Å². The Kier molecular flexibility index (Phi) is 13.1. The molecule has 0 atom stereocenters. The minimum absolute atomic E-state index is 0. The molecule has 0 fully saturated rings. The van der Waals surface area contributed by atoms with Crippen LogP contribution < -0.4 is 0 Å². The molecule has 0 heterocycles. The fourth-order valence-corrected chi connectivity index (χ4v) is 2.22. The maximum atomic E-state index is 12.6. The molecule has 156 valence electrons. The van der Waals surface area contributed by atoms with Gasteiger partial charge in [-0.25, -0.2) is 9.59 Å². The molecule has 0 bridgehead atoms. The van der Waals surface area contributed by atoms with Crippen LogP contribution in [0.2, 0.25) is 0 Å². The molecule has 0 aromatic heterocycles. The summed E-state index contributed by atoms with van der Waals surface area (Å²) in [5.74, 6) is -3.20. The van der Waals surface area contributed by atoms with Crippen LogP contribution in [0.15, 0.2) is 24.3 Å². The van der Waals surface area contributed by atoms with E-state index in [9.17, 15) is 22.8 Å². The third kappa shape index (κ3) is 10.7. The topological polar surface area (TPSA) is 133 Å². The number of esters is 3. The summed E-state index contributed by atoms with van der Waals surface area (Å²) in [7, 11) is -4.32. The van der Waals surface area contributed by atoms with Crippen molar-refractivity contribution in [3.63, 3.8) is 0 Å². The minimum atomic E-state index is -4.32. The first-order valence-electron chi connectivity index (χ1n) is 8.12. The van der Waals surface area contributed by atoms with Crippen molar-refractivity contribution in [3.8, 4) is 0 Å². The normalized spacial score (nSPS) is 11.0. The fraction of sp³-hybridized carbons (Fsp3) is 0.588. The van der Waals surface area contributed by atoms with Crippen LogP contribution in [0.1, 0.15) is 33.6 Å². The van der Waals surface area contributed by atoms with Crippen molar-refractivity contribution < 1.29 is 41.6 Å². The van der Waals surface area contributed by atoms with Gasteiger partial charge in [0.1, 0.15) is 31.0 Å². The molecule has 9 nitrogen and oxygen atoms in total. The monoisotopic (exact) mass is 414 g/mol.